The Hall–Kier alpha value is -0.760. The zero-order chi connectivity index (χ0) is 16.4. The molecule has 1 aromatic rings. The van der Waals surface area contributed by atoms with Crippen LogP contribution in [-0.4, -0.2) is 29.8 Å². The Morgan fingerprint density at radius 2 is 1.77 bits per heavy atom. The van der Waals surface area contributed by atoms with Crippen molar-refractivity contribution in [2.45, 2.75) is 52.9 Å². The minimum absolute atomic E-state index is 0.177. The molecule has 0 fully saturated rings. The lowest BCUT2D eigenvalue weighted by Crippen LogP contribution is -2.48. The molecule has 1 aromatic carbocycles. The van der Waals surface area contributed by atoms with Crippen molar-refractivity contribution in [3.8, 4) is 0 Å². The summed E-state index contributed by atoms with van der Waals surface area (Å²) in [6.07, 6.45) is 6.45. The largest absolute Gasteiger partial charge is 0.625 e. The molecular formula is C18H30NO2P. The van der Waals surface area contributed by atoms with E-state index in [1.54, 1.807) is 13.8 Å². The first kappa shape index (κ1) is 19.3. The van der Waals surface area contributed by atoms with Gasteiger partial charge in [-0.2, -0.15) is 0 Å². The number of carbonyl (C=O) groups is 1. The summed E-state index contributed by atoms with van der Waals surface area (Å²) in [5, 5.41) is 13.5. The van der Waals surface area contributed by atoms with Gasteiger partial charge in [-0.1, -0.05) is 59.0 Å². The van der Waals surface area contributed by atoms with Crippen LogP contribution < -0.4 is 5.30 Å². The van der Waals surface area contributed by atoms with E-state index < -0.39 is 4.65 Å². The van der Waals surface area contributed by atoms with Gasteiger partial charge in [0.05, 0.1) is 19.3 Å². The summed E-state index contributed by atoms with van der Waals surface area (Å²) in [7, 11) is 0.410. The Labute approximate surface area is 137 Å². The van der Waals surface area contributed by atoms with Crippen LogP contribution in [0.5, 0.6) is 0 Å². The molecule has 0 saturated carbocycles. The number of hydrogen-bond donors (Lipinski definition) is 0. The maximum Gasteiger partial charge on any atom is 0.318 e. The first-order valence-electron chi connectivity index (χ1n) is 8.50. The van der Waals surface area contributed by atoms with Gasteiger partial charge in [0.25, 0.3) is 0 Å². The lowest BCUT2D eigenvalue weighted by Gasteiger charge is -2.37. The van der Waals surface area contributed by atoms with Crippen LogP contribution in [-0.2, 0) is 11.2 Å². The van der Waals surface area contributed by atoms with Crippen LogP contribution >= 0.6 is 8.58 Å². The number of hydrogen-bond acceptors (Lipinski definition) is 2. The van der Waals surface area contributed by atoms with Crippen LogP contribution in [0, 0.1) is 5.21 Å². The molecule has 0 bridgehead atoms. The second-order valence-corrected chi connectivity index (χ2v) is 6.98. The van der Waals surface area contributed by atoms with Crippen LogP contribution in [0.3, 0.4) is 0 Å². The van der Waals surface area contributed by atoms with Crippen molar-refractivity contribution in [2.75, 3.05) is 19.3 Å². The number of rotatable bonds is 10. The molecule has 0 spiro atoms. The van der Waals surface area contributed by atoms with E-state index in [0.29, 0.717) is 27.8 Å². The Bertz CT molecular complexity index is 458. The van der Waals surface area contributed by atoms with Gasteiger partial charge in [-0.15, -0.1) is 0 Å². The third kappa shape index (κ3) is 5.79. The molecule has 124 valence electrons. The highest BCUT2D eigenvalue weighted by atomic mass is 31.1. The highest BCUT2D eigenvalue weighted by Crippen LogP contribution is 2.18. The molecule has 4 heteroatoms. The fraction of sp³-hybridized carbons (Fsp3) is 0.611. The van der Waals surface area contributed by atoms with E-state index in [9.17, 15) is 10.0 Å². The molecule has 0 radical (unpaired) electrons. The molecule has 1 amide bonds. The number of unbranched alkanes of at least 4 members (excludes halogenated alkanes) is 3. The quantitative estimate of drug-likeness (QED) is 0.283. The summed E-state index contributed by atoms with van der Waals surface area (Å²) in [5.74, 6) is -0.177. The lowest BCUT2D eigenvalue weighted by molar-refractivity contribution is -0.799. The first-order chi connectivity index (χ1) is 10.6. The summed E-state index contributed by atoms with van der Waals surface area (Å²) in [6.45, 7) is 6.46. The van der Waals surface area contributed by atoms with Crippen molar-refractivity contribution < 1.29 is 9.44 Å². The summed E-state index contributed by atoms with van der Waals surface area (Å²) >= 11 is 0. The summed E-state index contributed by atoms with van der Waals surface area (Å²) in [6, 6.07) is 8.37. The van der Waals surface area contributed by atoms with Gasteiger partial charge in [-0.05, 0) is 37.6 Å². The number of aryl methyl sites for hydroxylation is 1. The van der Waals surface area contributed by atoms with Crippen molar-refractivity contribution in [3.05, 3.63) is 35.0 Å². The monoisotopic (exact) mass is 323 g/mol. The van der Waals surface area contributed by atoms with Crippen molar-refractivity contribution in [1.82, 2.24) is 0 Å². The van der Waals surface area contributed by atoms with Crippen molar-refractivity contribution in [2.24, 2.45) is 0 Å². The zero-order valence-electron chi connectivity index (χ0n) is 14.2. The van der Waals surface area contributed by atoms with Crippen molar-refractivity contribution >= 4 is 19.8 Å². The maximum atomic E-state index is 12.3. The molecule has 0 heterocycles. The van der Waals surface area contributed by atoms with Crippen LogP contribution in [0.15, 0.2) is 24.3 Å². The number of hydroxylamine groups is 3. The molecule has 22 heavy (non-hydrogen) atoms. The van der Waals surface area contributed by atoms with Gasteiger partial charge < -0.3 is 5.21 Å². The minimum Gasteiger partial charge on any atom is -0.625 e. The average molecular weight is 323 g/mol. The van der Waals surface area contributed by atoms with Crippen molar-refractivity contribution in [1.29, 1.82) is 0 Å². The number of carbonyl (C=O) groups excluding carboxylic acids is 1. The molecule has 0 aliphatic rings. The van der Waals surface area contributed by atoms with Gasteiger partial charge in [0, 0.05) is 0 Å². The molecule has 0 aliphatic heterocycles. The van der Waals surface area contributed by atoms with Gasteiger partial charge in [-0.3, -0.25) is 4.65 Å². The minimum atomic E-state index is -0.689. The Morgan fingerprint density at radius 1 is 1.09 bits per heavy atom. The molecule has 1 unspecified atom stereocenters. The molecule has 1 rings (SSSR count). The smallest absolute Gasteiger partial charge is 0.318 e. The molecule has 3 nitrogen and oxygen atoms in total. The third-order valence-electron chi connectivity index (χ3n) is 4.22. The van der Waals surface area contributed by atoms with E-state index in [1.165, 1.54) is 36.6 Å². The number of nitrogens with zero attached hydrogens (tertiary/aromatic N) is 1. The Balaban J connectivity index is 2.60. The fourth-order valence-corrected chi connectivity index (χ4v) is 3.82. The first-order valence-corrected chi connectivity index (χ1v) is 9.71. The third-order valence-corrected chi connectivity index (χ3v) is 5.57. The molecule has 0 aliphatic carbocycles. The van der Waals surface area contributed by atoms with E-state index in [4.69, 9.17) is 0 Å². The highest BCUT2D eigenvalue weighted by molar-refractivity contribution is 7.48. The number of benzene rings is 1. The van der Waals surface area contributed by atoms with Crippen LogP contribution in [0.1, 0.15) is 52.0 Å². The van der Waals surface area contributed by atoms with E-state index in [1.807, 2.05) is 6.07 Å². The maximum absolute atomic E-state index is 12.3. The SMILES string of the molecule is CCCCCCc1ccccc1PCC(=O)[N+]([O-])(CC)CC. The Morgan fingerprint density at radius 3 is 2.41 bits per heavy atom. The van der Waals surface area contributed by atoms with Crippen LogP contribution in [0.2, 0.25) is 0 Å². The van der Waals surface area contributed by atoms with Gasteiger partial charge in [0.15, 0.2) is 0 Å². The standard InChI is InChI=1S/C18H30NO2P/c1-4-7-8-9-12-16-13-10-11-14-17(16)22-15-18(20)19(21,5-2)6-3/h10-11,13-14,22H,4-9,12,15H2,1-3H3. The molecule has 0 aromatic heterocycles. The predicted molar refractivity (Wildman–Crippen MR) is 96.8 cm³/mol. The van der Waals surface area contributed by atoms with E-state index in [-0.39, 0.29) is 5.91 Å². The Kier molecular flexibility index (Phi) is 8.85. The lowest BCUT2D eigenvalue weighted by atomic mass is 10.1. The fourth-order valence-electron chi connectivity index (χ4n) is 2.54. The number of amides is 1. The predicted octanol–water partition coefficient (Wildman–Crippen LogP) is 3.99. The van der Waals surface area contributed by atoms with Gasteiger partial charge in [-0.25, -0.2) is 4.79 Å². The van der Waals surface area contributed by atoms with Gasteiger partial charge >= 0.3 is 5.91 Å². The summed E-state index contributed by atoms with van der Waals surface area (Å²) in [5.41, 5.74) is 1.35. The highest BCUT2D eigenvalue weighted by Gasteiger charge is 2.23. The summed E-state index contributed by atoms with van der Waals surface area (Å²) < 4.78 is -0.689. The van der Waals surface area contributed by atoms with Gasteiger partial charge in [0.2, 0.25) is 0 Å². The summed E-state index contributed by atoms with van der Waals surface area (Å²) in [4.78, 5) is 12.2. The van der Waals surface area contributed by atoms with Gasteiger partial charge in [0.1, 0.15) is 0 Å². The van der Waals surface area contributed by atoms with E-state index in [2.05, 4.69) is 25.1 Å². The second kappa shape index (κ2) is 10.1. The number of quaternary nitrogens is 1. The van der Waals surface area contributed by atoms with E-state index >= 15 is 0 Å². The van der Waals surface area contributed by atoms with Crippen molar-refractivity contribution in [3.63, 3.8) is 0 Å². The average Bonchev–Trinajstić information content (AvgIpc) is 2.56. The van der Waals surface area contributed by atoms with Crippen LogP contribution in [0.25, 0.3) is 0 Å². The molecule has 1 atom stereocenters. The zero-order valence-corrected chi connectivity index (χ0v) is 15.2. The second-order valence-electron chi connectivity index (χ2n) is 5.74. The van der Waals surface area contributed by atoms with E-state index in [0.717, 1.165) is 6.42 Å². The molecule has 0 N–H and O–H groups in total. The topological polar surface area (TPSA) is 40.1 Å². The van der Waals surface area contributed by atoms with Crippen LogP contribution in [0.4, 0.5) is 0 Å². The normalized spacial score (nSPS) is 12.2. The molecule has 0 saturated heterocycles. The molecular weight excluding hydrogens is 293 g/mol.